The van der Waals surface area contributed by atoms with Crippen molar-refractivity contribution in [3.05, 3.63) is 59.7 Å². The molecule has 0 saturated heterocycles. The number of benzene rings is 2. The SMILES string of the molecule is NCCc1ccc(-c2ccccc2C(N)=S)cc1. The second kappa shape index (κ2) is 5.76. The van der Waals surface area contributed by atoms with E-state index in [0.29, 0.717) is 11.5 Å². The topological polar surface area (TPSA) is 52.0 Å². The average Bonchev–Trinajstić information content (AvgIpc) is 2.40. The molecule has 0 aromatic heterocycles. The highest BCUT2D eigenvalue weighted by Crippen LogP contribution is 2.24. The van der Waals surface area contributed by atoms with Crippen molar-refractivity contribution in [3.8, 4) is 11.1 Å². The molecule has 3 heteroatoms. The van der Waals surface area contributed by atoms with Crippen LogP contribution in [0.15, 0.2) is 48.5 Å². The zero-order chi connectivity index (χ0) is 13.0. The van der Waals surface area contributed by atoms with Crippen LogP contribution in [0.25, 0.3) is 11.1 Å². The predicted octanol–water partition coefficient (Wildman–Crippen LogP) is 2.49. The molecule has 0 atom stereocenters. The minimum absolute atomic E-state index is 0.427. The van der Waals surface area contributed by atoms with Crippen molar-refractivity contribution >= 4 is 17.2 Å². The van der Waals surface area contributed by atoms with Crippen molar-refractivity contribution in [2.45, 2.75) is 6.42 Å². The largest absolute Gasteiger partial charge is 0.389 e. The van der Waals surface area contributed by atoms with E-state index in [-0.39, 0.29) is 0 Å². The van der Waals surface area contributed by atoms with Crippen molar-refractivity contribution in [1.29, 1.82) is 0 Å². The van der Waals surface area contributed by atoms with Crippen LogP contribution in [0.4, 0.5) is 0 Å². The van der Waals surface area contributed by atoms with Crippen molar-refractivity contribution < 1.29 is 0 Å². The van der Waals surface area contributed by atoms with Gasteiger partial charge in [-0.15, -0.1) is 0 Å². The molecule has 2 rings (SSSR count). The Hall–Kier alpha value is -1.71. The van der Waals surface area contributed by atoms with Crippen LogP contribution in [0.5, 0.6) is 0 Å². The summed E-state index contributed by atoms with van der Waals surface area (Å²) in [6.07, 6.45) is 0.900. The summed E-state index contributed by atoms with van der Waals surface area (Å²) in [5.41, 5.74) is 15.6. The molecule has 0 aliphatic rings. The molecular formula is C15H16N2S. The van der Waals surface area contributed by atoms with Gasteiger partial charge >= 0.3 is 0 Å². The average molecular weight is 256 g/mol. The molecule has 0 fully saturated rings. The number of rotatable bonds is 4. The molecule has 0 unspecified atom stereocenters. The van der Waals surface area contributed by atoms with Gasteiger partial charge < -0.3 is 11.5 Å². The summed E-state index contributed by atoms with van der Waals surface area (Å²) in [5, 5.41) is 0. The van der Waals surface area contributed by atoms with Gasteiger partial charge in [0.05, 0.1) is 0 Å². The van der Waals surface area contributed by atoms with E-state index >= 15 is 0 Å². The minimum atomic E-state index is 0.427. The van der Waals surface area contributed by atoms with Crippen LogP contribution in [-0.2, 0) is 6.42 Å². The normalized spacial score (nSPS) is 10.3. The summed E-state index contributed by atoms with van der Waals surface area (Å²) in [6.45, 7) is 0.669. The highest BCUT2D eigenvalue weighted by Gasteiger charge is 2.06. The van der Waals surface area contributed by atoms with Crippen LogP contribution < -0.4 is 11.5 Å². The molecule has 92 valence electrons. The van der Waals surface area contributed by atoms with Crippen LogP contribution >= 0.6 is 12.2 Å². The van der Waals surface area contributed by atoms with Gasteiger partial charge in [-0.05, 0) is 29.7 Å². The molecule has 0 spiro atoms. The lowest BCUT2D eigenvalue weighted by atomic mass is 9.98. The molecule has 2 nitrogen and oxygen atoms in total. The summed E-state index contributed by atoms with van der Waals surface area (Å²) in [4.78, 5) is 0.427. The molecule has 2 aromatic carbocycles. The van der Waals surface area contributed by atoms with Gasteiger partial charge in [-0.3, -0.25) is 0 Å². The highest BCUT2D eigenvalue weighted by atomic mass is 32.1. The predicted molar refractivity (Wildman–Crippen MR) is 80.5 cm³/mol. The van der Waals surface area contributed by atoms with Crippen LogP contribution in [0, 0.1) is 0 Å². The Morgan fingerprint density at radius 2 is 1.67 bits per heavy atom. The molecular weight excluding hydrogens is 240 g/mol. The third-order valence-electron chi connectivity index (χ3n) is 2.89. The first-order valence-corrected chi connectivity index (χ1v) is 6.31. The third kappa shape index (κ3) is 2.75. The number of hydrogen-bond acceptors (Lipinski definition) is 2. The molecule has 0 aliphatic heterocycles. The fourth-order valence-electron chi connectivity index (χ4n) is 1.97. The first-order chi connectivity index (χ1) is 8.72. The van der Waals surface area contributed by atoms with Crippen LogP contribution in [0.1, 0.15) is 11.1 Å². The van der Waals surface area contributed by atoms with Gasteiger partial charge in [-0.2, -0.15) is 0 Å². The van der Waals surface area contributed by atoms with E-state index in [1.54, 1.807) is 0 Å². The summed E-state index contributed by atoms with van der Waals surface area (Å²) in [7, 11) is 0. The summed E-state index contributed by atoms with van der Waals surface area (Å²) in [6, 6.07) is 16.3. The highest BCUT2D eigenvalue weighted by molar-refractivity contribution is 7.80. The fraction of sp³-hybridized carbons (Fsp3) is 0.133. The van der Waals surface area contributed by atoms with E-state index in [9.17, 15) is 0 Å². The first-order valence-electron chi connectivity index (χ1n) is 5.90. The van der Waals surface area contributed by atoms with E-state index in [4.69, 9.17) is 23.7 Å². The molecule has 0 heterocycles. The van der Waals surface area contributed by atoms with Gasteiger partial charge in [0.25, 0.3) is 0 Å². The first kappa shape index (κ1) is 12.7. The molecule has 0 radical (unpaired) electrons. The molecule has 0 aliphatic carbocycles. The number of hydrogen-bond donors (Lipinski definition) is 2. The van der Waals surface area contributed by atoms with Gasteiger partial charge in [0.2, 0.25) is 0 Å². The lowest BCUT2D eigenvalue weighted by molar-refractivity contribution is 0.969. The Morgan fingerprint density at radius 3 is 2.28 bits per heavy atom. The fourth-order valence-corrected chi connectivity index (χ4v) is 2.15. The van der Waals surface area contributed by atoms with Gasteiger partial charge in [0.15, 0.2) is 0 Å². The second-order valence-electron chi connectivity index (χ2n) is 4.15. The molecule has 2 aromatic rings. The van der Waals surface area contributed by atoms with E-state index in [1.165, 1.54) is 5.56 Å². The lowest BCUT2D eigenvalue weighted by Gasteiger charge is -2.09. The minimum Gasteiger partial charge on any atom is -0.389 e. The van der Waals surface area contributed by atoms with Crippen molar-refractivity contribution in [2.75, 3.05) is 6.54 Å². The Morgan fingerprint density at radius 1 is 1.00 bits per heavy atom. The Kier molecular flexibility index (Phi) is 4.07. The Balaban J connectivity index is 2.39. The van der Waals surface area contributed by atoms with Crippen molar-refractivity contribution in [3.63, 3.8) is 0 Å². The smallest absolute Gasteiger partial charge is 0.104 e. The lowest BCUT2D eigenvalue weighted by Crippen LogP contribution is -2.10. The zero-order valence-corrected chi connectivity index (χ0v) is 10.9. The van der Waals surface area contributed by atoms with E-state index in [1.807, 2.05) is 24.3 Å². The van der Waals surface area contributed by atoms with Crippen LogP contribution in [0.2, 0.25) is 0 Å². The second-order valence-corrected chi connectivity index (χ2v) is 4.59. The van der Waals surface area contributed by atoms with E-state index in [0.717, 1.165) is 23.1 Å². The quantitative estimate of drug-likeness (QED) is 0.826. The maximum absolute atomic E-state index is 5.74. The van der Waals surface area contributed by atoms with Crippen LogP contribution in [-0.4, -0.2) is 11.5 Å². The third-order valence-corrected chi connectivity index (χ3v) is 3.11. The van der Waals surface area contributed by atoms with Gasteiger partial charge in [-0.1, -0.05) is 60.7 Å². The summed E-state index contributed by atoms with van der Waals surface area (Å²) in [5.74, 6) is 0. The standard InChI is InChI=1S/C15H16N2S/c16-10-9-11-5-7-12(8-6-11)13-3-1-2-4-14(13)15(17)18/h1-8H,9-10,16H2,(H2,17,18). The molecule has 0 bridgehead atoms. The van der Waals surface area contributed by atoms with Crippen molar-refractivity contribution in [2.24, 2.45) is 11.5 Å². The molecule has 0 amide bonds. The summed E-state index contributed by atoms with van der Waals surface area (Å²) >= 11 is 5.08. The molecule has 0 saturated carbocycles. The Labute approximate surface area is 113 Å². The van der Waals surface area contributed by atoms with E-state index < -0.39 is 0 Å². The van der Waals surface area contributed by atoms with Crippen LogP contribution in [0.3, 0.4) is 0 Å². The van der Waals surface area contributed by atoms with Gasteiger partial charge in [0, 0.05) is 5.56 Å². The maximum atomic E-state index is 5.74. The molecule has 4 N–H and O–H groups in total. The van der Waals surface area contributed by atoms with Gasteiger partial charge in [-0.25, -0.2) is 0 Å². The number of thiocarbonyl (C=S) groups is 1. The summed E-state index contributed by atoms with van der Waals surface area (Å²) < 4.78 is 0. The van der Waals surface area contributed by atoms with Gasteiger partial charge in [0.1, 0.15) is 4.99 Å². The van der Waals surface area contributed by atoms with Crippen molar-refractivity contribution in [1.82, 2.24) is 0 Å². The Bertz CT molecular complexity index is 547. The monoisotopic (exact) mass is 256 g/mol. The number of nitrogens with two attached hydrogens (primary N) is 2. The zero-order valence-electron chi connectivity index (χ0n) is 10.1. The maximum Gasteiger partial charge on any atom is 0.104 e. The molecule has 18 heavy (non-hydrogen) atoms. The van der Waals surface area contributed by atoms with E-state index in [2.05, 4.69) is 24.3 Å².